The van der Waals surface area contributed by atoms with Crippen LogP contribution in [0.1, 0.15) is 4.88 Å². The SMILES string of the molecule is O=C(CSCc1cccs1)Nc1nc2ccc(Cl)cc2s1. The van der Waals surface area contributed by atoms with Crippen LogP contribution in [0.15, 0.2) is 35.7 Å². The third-order valence-electron chi connectivity index (χ3n) is 2.65. The molecule has 0 spiro atoms. The van der Waals surface area contributed by atoms with Gasteiger partial charge in [0, 0.05) is 15.7 Å². The molecule has 0 aliphatic heterocycles. The predicted octanol–water partition coefficient (Wildman–Crippen LogP) is 4.88. The first-order valence-electron chi connectivity index (χ1n) is 6.17. The molecule has 1 N–H and O–H groups in total. The third-order valence-corrected chi connectivity index (χ3v) is 5.86. The summed E-state index contributed by atoms with van der Waals surface area (Å²) in [4.78, 5) is 17.5. The van der Waals surface area contributed by atoms with Gasteiger partial charge in [-0.25, -0.2) is 4.98 Å². The number of halogens is 1. The average Bonchev–Trinajstić information content (AvgIpc) is 3.07. The van der Waals surface area contributed by atoms with Gasteiger partial charge in [-0.2, -0.15) is 0 Å². The van der Waals surface area contributed by atoms with Crippen molar-refractivity contribution in [3.05, 3.63) is 45.6 Å². The molecule has 0 fully saturated rings. The van der Waals surface area contributed by atoms with Crippen LogP contribution in [0, 0.1) is 0 Å². The number of thiazole rings is 1. The van der Waals surface area contributed by atoms with Gasteiger partial charge in [0.25, 0.3) is 0 Å². The number of anilines is 1. The number of thioether (sulfide) groups is 1. The second-order valence-corrected chi connectivity index (χ2v) is 7.74. The van der Waals surface area contributed by atoms with Crippen molar-refractivity contribution in [1.82, 2.24) is 4.98 Å². The minimum Gasteiger partial charge on any atom is -0.301 e. The summed E-state index contributed by atoms with van der Waals surface area (Å²) < 4.78 is 0.976. The molecule has 0 unspecified atom stereocenters. The Hall–Kier alpha value is -1.08. The lowest BCUT2D eigenvalue weighted by Crippen LogP contribution is -2.13. The minimum atomic E-state index is -0.0262. The highest BCUT2D eigenvalue weighted by atomic mass is 35.5. The van der Waals surface area contributed by atoms with Crippen LogP contribution >= 0.6 is 46.0 Å². The van der Waals surface area contributed by atoms with E-state index in [2.05, 4.69) is 16.4 Å². The second kappa shape index (κ2) is 6.79. The van der Waals surface area contributed by atoms with E-state index in [1.54, 1.807) is 29.2 Å². The summed E-state index contributed by atoms with van der Waals surface area (Å²) in [5.41, 5.74) is 0.853. The Bertz CT molecular complexity index is 755. The molecular formula is C14H11ClN2OS3. The van der Waals surface area contributed by atoms with Crippen molar-refractivity contribution < 1.29 is 4.79 Å². The number of fused-ring (bicyclic) bond motifs is 1. The van der Waals surface area contributed by atoms with Crippen molar-refractivity contribution in [2.75, 3.05) is 11.1 Å². The number of hydrogen-bond donors (Lipinski definition) is 1. The van der Waals surface area contributed by atoms with Gasteiger partial charge in [-0.1, -0.05) is 29.0 Å². The van der Waals surface area contributed by atoms with Gasteiger partial charge in [0.2, 0.25) is 5.91 Å². The first-order chi connectivity index (χ1) is 10.2. The van der Waals surface area contributed by atoms with E-state index in [1.807, 2.05) is 23.6 Å². The maximum absolute atomic E-state index is 11.9. The maximum atomic E-state index is 11.9. The topological polar surface area (TPSA) is 42.0 Å². The lowest BCUT2D eigenvalue weighted by atomic mass is 10.3. The molecule has 3 aromatic rings. The molecule has 0 aliphatic rings. The Labute approximate surface area is 139 Å². The average molecular weight is 355 g/mol. The quantitative estimate of drug-likeness (QED) is 0.709. The van der Waals surface area contributed by atoms with E-state index < -0.39 is 0 Å². The normalized spacial score (nSPS) is 10.9. The van der Waals surface area contributed by atoms with Crippen molar-refractivity contribution in [3.63, 3.8) is 0 Å². The zero-order valence-corrected chi connectivity index (χ0v) is 14.0. The smallest absolute Gasteiger partial charge is 0.236 e. The number of amides is 1. The fraction of sp³-hybridized carbons (Fsp3) is 0.143. The molecule has 0 radical (unpaired) electrons. The van der Waals surface area contributed by atoms with Gasteiger partial charge in [0.05, 0.1) is 16.0 Å². The number of nitrogens with one attached hydrogen (secondary N) is 1. The van der Waals surface area contributed by atoms with E-state index in [9.17, 15) is 4.79 Å². The van der Waals surface area contributed by atoms with Gasteiger partial charge < -0.3 is 5.32 Å². The van der Waals surface area contributed by atoms with Gasteiger partial charge >= 0.3 is 0 Å². The molecule has 1 aromatic carbocycles. The first-order valence-corrected chi connectivity index (χ1v) is 9.40. The van der Waals surface area contributed by atoms with Crippen LogP contribution in [0.3, 0.4) is 0 Å². The molecule has 0 saturated heterocycles. The summed E-state index contributed by atoms with van der Waals surface area (Å²) in [5.74, 6) is 1.26. The molecule has 21 heavy (non-hydrogen) atoms. The summed E-state index contributed by atoms with van der Waals surface area (Å²) in [6, 6.07) is 9.61. The molecule has 108 valence electrons. The van der Waals surface area contributed by atoms with Gasteiger partial charge in [-0.3, -0.25) is 4.79 Å². The largest absolute Gasteiger partial charge is 0.301 e. The highest BCUT2D eigenvalue weighted by Crippen LogP contribution is 2.28. The van der Waals surface area contributed by atoms with E-state index in [0.29, 0.717) is 15.9 Å². The number of thiophene rings is 1. The molecule has 0 saturated carbocycles. The van der Waals surface area contributed by atoms with E-state index in [-0.39, 0.29) is 5.91 Å². The molecule has 2 heterocycles. The number of benzene rings is 1. The number of aromatic nitrogens is 1. The van der Waals surface area contributed by atoms with Crippen molar-refractivity contribution >= 4 is 67.3 Å². The number of carbonyl (C=O) groups is 1. The molecule has 0 atom stereocenters. The molecule has 2 aromatic heterocycles. The maximum Gasteiger partial charge on any atom is 0.236 e. The second-order valence-electron chi connectivity index (χ2n) is 4.25. The molecule has 7 heteroatoms. The lowest BCUT2D eigenvalue weighted by molar-refractivity contribution is -0.113. The summed E-state index contributed by atoms with van der Waals surface area (Å²) in [6.07, 6.45) is 0. The first kappa shape index (κ1) is 14.8. The molecule has 0 bridgehead atoms. The minimum absolute atomic E-state index is 0.0262. The van der Waals surface area contributed by atoms with Crippen molar-refractivity contribution in [3.8, 4) is 0 Å². The lowest BCUT2D eigenvalue weighted by Gasteiger charge is -2.00. The van der Waals surface area contributed by atoms with Crippen molar-refractivity contribution in [2.24, 2.45) is 0 Å². The fourth-order valence-corrected chi connectivity index (χ4v) is 4.57. The zero-order valence-electron chi connectivity index (χ0n) is 10.8. The van der Waals surface area contributed by atoms with Gasteiger partial charge in [-0.15, -0.1) is 23.1 Å². The summed E-state index contributed by atoms with van der Waals surface area (Å²) in [7, 11) is 0. The van der Waals surface area contributed by atoms with E-state index in [0.717, 1.165) is 16.0 Å². The summed E-state index contributed by atoms with van der Waals surface area (Å²) >= 11 is 10.7. The van der Waals surface area contributed by atoms with Crippen LogP contribution in [0.5, 0.6) is 0 Å². The van der Waals surface area contributed by atoms with Crippen LogP contribution in [-0.4, -0.2) is 16.6 Å². The van der Waals surface area contributed by atoms with Crippen molar-refractivity contribution in [2.45, 2.75) is 5.75 Å². The third kappa shape index (κ3) is 3.97. The highest BCUT2D eigenvalue weighted by molar-refractivity contribution is 7.99. The van der Waals surface area contributed by atoms with E-state index in [1.165, 1.54) is 16.2 Å². The Morgan fingerprint density at radius 2 is 2.29 bits per heavy atom. The van der Waals surface area contributed by atoms with Gasteiger partial charge in [0.1, 0.15) is 0 Å². The standard InChI is InChI=1S/C14H11ClN2OS3/c15-9-3-4-11-12(6-9)21-14(16-11)17-13(18)8-19-7-10-2-1-5-20-10/h1-6H,7-8H2,(H,16,17,18). The highest BCUT2D eigenvalue weighted by Gasteiger charge is 2.08. The Morgan fingerprint density at radius 1 is 1.38 bits per heavy atom. The van der Waals surface area contributed by atoms with Crippen LogP contribution in [0.2, 0.25) is 5.02 Å². The molecule has 3 nitrogen and oxygen atoms in total. The van der Waals surface area contributed by atoms with Gasteiger partial charge in [0.15, 0.2) is 5.13 Å². The molecule has 0 aliphatic carbocycles. The van der Waals surface area contributed by atoms with Crippen LogP contribution in [0.4, 0.5) is 5.13 Å². The van der Waals surface area contributed by atoms with E-state index >= 15 is 0 Å². The summed E-state index contributed by atoms with van der Waals surface area (Å²) in [6.45, 7) is 0. The van der Waals surface area contributed by atoms with Gasteiger partial charge in [-0.05, 0) is 29.6 Å². The summed E-state index contributed by atoms with van der Waals surface area (Å²) in [5, 5.41) is 6.18. The molecule has 1 amide bonds. The predicted molar refractivity (Wildman–Crippen MR) is 93.7 cm³/mol. The zero-order chi connectivity index (χ0) is 14.7. The van der Waals surface area contributed by atoms with Crippen LogP contribution in [-0.2, 0) is 10.5 Å². The molecule has 3 rings (SSSR count). The monoisotopic (exact) mass is 354 g/mol. The number of nitrogens with zero attached hydrogens (tertiary/aromatic N) is 1. The van der Waals surface area contributed by atoms with E-state index in [4.69, 9.17) is 11.6 Å². The number of carbonyl (C=O) groups excluding carboxylic acids is 1. The van der Waals surface area contributed by atoms with Crippen LogP contribution < -0.4 is 5.32 Å². The van der Waals surface area contributed by atoms with Crippen LogP contribution in [0.25, 0.3) is 10.2 Å². The Kier molecular flexibility index (Phi) is 4.80. The molecular weight excluding hydrogens is 344 g/mol. The number of hydrogen-bond acceptors (Lipinski definition) is 5. The number of rotatable bonds is 5. The Morgan fingerprint density at radius 3 is 3.10 bits per heavy atom. The fourth-order valence-electron chi connectivity index (χ4n) is 1.75. The van der Waals surface area contributed by atoms with Crippen molar-refractivity contribution in [1.29, 1.82) is 0 Å². The Balaban J connectivity index is 1.55.